The lowest BCUT2D eigenvalue weighted by atomic mass is 9.87. The van der Waals surface area contributed by atoms with Gasteiger partial charge < -0.3 is 50.9 Å². The van der Waals surface area contributed by atoms with Gasteiger partial charge in [0.05, 0.1) is 19.5 Å². The zero-order valence-corrected chi connectivity index (χ0v) is 42.5. The molecule has 388 valence electrons. The summed E-state index contributed by atoms with van der Waals surface area (Å²) in [5.74, 6) is -0.297. The molecular weight excluding hydrogens is 975 g/mol. The third-order valence-corrected chi connectivity index (χ3v) is 14.6. The Balaban J connectivity index is 1.30. The van der Waals surface area contributed by atoms with Crippen molar-refractivity contribution >= 4 is 69.1 Å². The van der Waals surface area contributed by atoms with E-state index in [-0.39, 0.29) is 41.6 Å². The number of aromatic nitrogens is 4. The van der Waals surface area contributed by atoms with E-state index in [2.05, 4.69) is 48.3 Å². The van der Waals surface area contributed by atoms with Gasteiger partial charge in [-0.25, -0.2) is 28.6 Å². The standard InChI is InChI=1S/C40H70N7O17P3S/c1-28(2)18-16-14-12-10-8-6-5-7-9-11-13-15-17-19-31(49)68-23-22-42-30(48)20-21-43-38(52)35(51)40(3,4)25-61-67(58,59)64-66(56,57)60-24-29-34(63-65(53,54)55)33(50)39(62-29)47-27-46-32-36(41)44-26-45-37(32)47/h17,19,26-29,33-35,39,50-51H,5-16,18,20-25H2,1-4H3,(H,42,48)(H,43,52)(H,56,57)(H,58,59)(H2,41,44,45)(H2,53,54,55)/b19-17+/t29-,33-,34-,35+,39-/m0/s1. The van der Waals surface area contributed by atoms with Crippen LogP contribution in [0.1, 0.15) is 124 Å². The Morgan fingerprint density at radius 3 is 2.16 bits per heavy atom. The molecule has 10 N–H and O–H groups in total. The van der Waals surface area contributed by atoms with Crippen LogP contribution in [0.3, 0.4) is 0 Å². The lowest BCUT2D eigenvalue weighted by Crippen LogP contribution is -2.46. The molecule has 7 atom stereocenters. The third kappa shape index (κ3) is 22.2. The van der Waals surface area contributed by atoms with Gasteiger partial charge in [-0.05, 0) is 24.8 Å². The molecule has 2 aromatic heterocycles. The highest BCUT2D eigenvalue weighted by Crippen LogP contribution is 2.61. The Morgan fingerprint density at radius 1 is 0.912 bits per heavy atom. The minimum atomic E-state index is -5.58. The molecule has 3 rings (SSSR count). The number of anilines is 1. The highest BCUT2D eigenvalue weighted by atomic mass is 32.2. The van der Waals surface area contributed by atoms with E-state index in [1.54, 1.807) is 6.08 Å². The van der Waals surface area contributed by atoms with Crippen LogP contribution in [0.15, 0.2) is 24.8 Å². The number of nitrogen functional groups attached to an aromatic ring is 1. The monoisotopic (exact) mass is 1050 g/mol. The van der Waals surface area contributed by atoms with Gasteiger partial charge in [-0.3, -0.25) is 32.5 Å². The molecule has 28 heteroatoms. The molecule has 1 aliphatic rings. The van der Waals surface area contributed by atoms with Gasteiger partial charge in [0, 0.05) is 30.7 Å². The molecule has 2 amide bonds. The highest BCUT2D eigenvalue weighted by Gasteiger charge is 2.50. The van der Waals surface area contributed by atoms with Gasteiger partial charge in [0.1, 0.15) is 36.3 Å². The van der Waals surface area contributed by atoms with Crippen molar-refractivity contribution < 1.29 is 80.5 Å². The highest BCUT2D eigenvalue weighted by molar-refractivity contribution is 8.14. The molecule has 24 nitrogen and oxygen atoms in total. The van der Waals surface area contributed by atoms with Gasteiger partial charge in [-0.1, -0.05) is 116 Å². The number of ether oxygens (including phenoxy) is 1. The molecule has 2 unspecified atom stereocenters. The van der Waals surface area contributed by atoms with E-state index < -0.39 is 84.6 Å². The van der Waals surface area contributed by atoms with Crippen LogP contribution in [0.2, 0.25) is 0 Å². The Kier molecular flexibility index (Phi) is 25.4. The molecule has 1 fully saturated rings. The van der Waals surface area contributed by atoms with Gasteiger partial charge in [0.15, 0.2) is 17.7 Å². The fourth-order valence-corrected chi connectivity index (χ4v) is 10.3. The van der Waals surface area contributed by atoms with Crippen molar-refractivity contribution in [2.75, 3.05) is 37.8 Å². The van der Waals surface area contributed by atoms with Crippen LogP contribution >= 0.6 is 35.2 Å². The van der Waals surface area contributed by atoms with Crippen LogP contribution in [0.25, 0.3) is 11.2 Å². The summed E-state index contributed by atoms with van der Waals surface area (Å²) in [7, 11) is -16.4. The van der Waals surface area contributed by atoms with Crippen molar-refractivity contribution in [3.63, 3.8) is 0 Å². The summed E-state index contributed by atoms with van der Waals surface area (Å²) >= 11 is 1.07. The molecule has 68 heavy (non-hydrogen) atoms. The summed E-state index contributed by atoms with van der Waals surface area (Å²) in [5.41, 5.74) is 4.28. The van der Waals surface area contributed by atoms with Gasteiger partial charge in [-0.2, -0.15) is 4.31 Å². The number of hydrogen-bond acceptors (Lipinski definition) is 18. The molecule has 0 spiro atoms. The quantitative estimate of drug-likeness (QED) is 0.0254. The third-order valence-electron chi connectivity index (χ3n) is 10.7. The van der Waals surface area contributed by atoms with Crippen LogP contribution in [0, 0.1) is 11.3 Å². The number of carbonyl (C=O) groups is 3. The summed E-state index contributed by atoms with van der Waals surface area (Å²) in [6.07, 6.45) is 12.6. The number of amides is 2. The number of nitrogens with zero attached hydrogens (tertiary/aromatic N) is 4. The SMILES string of the molecule is CC(C)CCCCCCCCCCCCC/C=C/C(=O)SCCNC(=O)CCNC(=O)[C@@H](O)C(C)(C)COP(=O)(O)OP(=O)(O)OC[C@@H]1O[C@H](n2cnc3c(N)ncnc32)[C@@H](O)[C@H]1OP(=O)(O)O. The lowest BCUT2D eigenvalue weighted by Gasteiger charge is -2.30. The second-order valence-corrected chi connectivity index (χ2v) is 22.8. The molecule has 0 aromatic carbocycles. The van der Waals surface area contributed by atoms with Gasteiger partial charge >= 0.3 is 23.5 Å². The van der Waals surface area contributed by atoms with E-state index in [1.165, 1.54) is 78.1 Å². The van der Waals surface area contributed by atoms with Gasteiger partial charge in [0.2, 0.25) is 16.9 Å². The van der Waals surface area contributed by atoms with E-state index in [4.69, 9.17) is 19.5 Å². The number of aliphatic hydroxyl groups is 2. The minimum absolute atomic E-state index is 0.0324. The van der Waals surface area contributed by atoms with Crippen molar-refractivity contribution in [2.45, 2.75) is 148 Å². The van der Waals surface area contributed by atoms with Crippen molar-refractivity contribution in [1.29, 1.82) is 0 Å². The summed E-state index contributed by atoms with van der Waals surface area (Å²) in [6, 6.07) is 0. The van der Waals surface area contributed by atoms with Crippen LogP contribution in [0.4, 0.5) is 5.82 Å². The predicted molar refractivity (Wildman–Crippen MR) is 251 cm³/mol. The first-order valence-corrected chi connectivity index (χ1v) is 28.1. The first kappa shape index (κ1) is 59.6. The number of carbonyl (C=O) groups excluding carboxylic acids is 3. The van der Waals surface area contributed by atoms with Crippen molar-refractivity contribution in [3.05, 3.63) is 24.8 Å². The maximum atomic E-state index is 12.7. The Hall–Kier alpha value is -2.70. The number of fused-ring (bicyclic) bond motifs is 1. The minimum Gasteiger partial charge on any atom is -0.386 e. The number of nitrogens with one attached hydrogen (secondary N) is 2. The summed E-state index contributed by atoms with van der Waals surface area (Å²) in [6.45, 7) is 5.07. The van der Waals surface area contributed by atoms with Crippen LogP contribution in [-0.4, -0.2) is 123 Å². The van der Waals surface area contributed by atoms with Crippen LogP contribution < -0.4 is 16.4 Å². The average molecular weight is 1050 g/mol. The molecule has 0 radical (unpaired) electrons. The summed E-state index contributed by atoms with van der Waals surface area (Å²) in [4.78, 5) is 88.3. The van der Waals surface area contributed by atoms with Crippen molar-refractivity contribution in [3.8, 4) is 0 Å². The second kappa shape index (κ2) is 29.0. The zero-order valence-electron chi connectivity index (χ0n) is 39.0. The number of imidazole rings is 1. The second-order valence-electron chi connectivity index (χ2n) is 17.5. The number of nitrogens with two attached hydrogens (primary N) is 1. The maximum Gasteiger partial charge on any atom is 0.481 e. The van der Waals surface area contributed by atoms with E-state index >= 15 is 0 Å². The largest absolute Gasteiger partial charge is 0.481 e. The number of phosphoric acid groups is 3. The summed E-state index contributed by atoms with van der Waals surface area (Å²) < 4.78 is 62.4. The maximum absolute atomic E-state index is 12.7. The number of aliphatic hydroxyl groups excluding tert-OH is 2. The van der Waals surface area contributed by atoms with Crippen LogP contribution in [-0.2, 0) is 50.7 Å². The van der Waals surface area contributed by atoms with E-state index in [0.29, 0.717) is 5.75 Å². The molecule has 2 aromatic rings. The van der Waals surface area contributed by atoms with Crippen molar-refractivity contribution in [1.82, 2.24) is 30.2 Å². The molecular formula is C40H70N7O17P3S. The zero-order chi connectivity index (χ0) is 50.5. The van der Waals surface area contributed by atoms with Crippen LogP contribution in [0.5, 0.6) is 0 Å². The van der Waals surface area contributed by atoms with Gasteiger partial charge in [0.25, 0.3) is 0 Å². The number of rotatable bonds is 34. The molecule has 0 bridgehead atoms. The first-order valence-electron chi connectivity index (χ1n) is 22.6. The molecule has 3 heterocycles. The molecule has 1 aliphatic heterocycles. The number of unbranched alkanes of at least 4 members (excludes halogenated alkanes) is 11. The Bertz CT molecular complexity index is 2080. The lowest BCUT2D eigenvalue weighted by molar-refractivity contribution is -0.137. The molecule has 0 saturated carbocycles. The molecule has 1 saturated heterocycles. The predicted octanol–water partition coefficient (Wildman–Crippen LogP) is 4.95. The number of thioether (sulfide) groups is 1. The molecule has 0 aliphatic carbocycles. The Labute approximate surface area is 400 Å². The topological polar surface area (TPSA) is 364 Å². The fourth-order valence-electron chi connectivity index (χ4n) is 6.92. The van der Waals surface area contributed by atoms with Gasteiger partial charge in [-0.15, -0.1) is 0 Å². The van der Waals surface area contributed by atoms with E-state index in [1.807, 2.05) is 6.08 Å². The number of allylic oxidation sites excluding steroid dienone is 1. The smallest absolute Gasteiger partial charge is 0.386 e. The number of phosphoric ester groups is 3. The van der Waals surface area contributed by atoms with Crippen molar-refractivity contribution in [2.24, 2.45) is 11.3 Å². The average Bonchev–Trinajstić information content (AvgIpc) is 3.81. The Morgan fingerprint density at radius 2 is 1.53 bits per heavy atom. The fraction of sp³-hybridized carbons (Fsp3) is 0.750. The summed E-state index contributed by atoms with van der Waals surface area (Å²) in [5, 5.41) is 26.5. The van der Waals surface area contributed by atoms with E-state index in [9.17, 15) is 57.9 Å². The number of hydrogen-bond donors (Lipinski definition) is 9. The normalized spacial score (nSPS) is 20.2. The van der Waals surface area contributed by atoms with E-state index in [0.717, 1.165) is 54.2 Å². The first-order chi connectivity index (χ1) is 31.9.